The smallest absolute Gasteiger partial charge is 0.244 e. The number of rotatable bonds is 4. The molecule has 6 heteroatoms. The molecule has 0 unspecified atom stereocenters. The van der Waals surface area contributed by atoms with Crippen molar-refractivity contribution in [3.63, 3.8) is 0 Å². The average molecular weight is 285 g/mol. The van der Waals surface area contributed by atoms with E-state index < -0.39 is 21.4 Å². The van der Waals surface area contributed by atoms with Crippen LogP contribution in [0.2, 0.25) is 0 Å². The van der Waals surface area contributed by atoms with Gasteiger partial charge in [0.15, 0.2) is 11.6 Å². The number of halogens is 1. The Kier molecular flexibility index (Phi) is 4.23. The van der Waals surface area contributed by atoms with Crippen molar-refractivity contribution in [3.05, 3.63) is 24.0 Å². The van der Waals surface area contributed by atoms with E-state index in [-0.39, 0.29) is 10.6 Å². The molecule has 0 heterocycles. The van der Waals surface area contributed by atoms with Crippen molar-refractivity contribution in [2.45, 2.75) is 24.3 Å². The lowest BCUT2D eigenvalue weighted by molar-refractivity contribution is 0.340. The zero-order chi connectivity index (χ0) is 14.8. The molecule has 0 aromatic heterocycles. The first kappa shape index (κ1) is 15.5. The molecule has 0 saturated heterocycles. The fourth-order valence-corrected chi connectivity index (χ4v) is 2.82. The van der Waals surface area contributed by atoms with Gasteiger partial charge in [-0.1, -0.05) is 5.92 Å². The van der Waals surface area contributed by atoms with E-state index in [4.69, 9.17) is 11.2 Å². The maximum Gasteiger partial charge on any atom is 0.244 e. The summed E-state index contributed by atoms with van der Waals surface area (Å²) in [5.74, 6) is 1.63. The van der Waals surface area contributed by atoms with Gasteiger partial charge in [0.25, 0.3) is 0 Å². The van der Waals surface area contributed by atoms with E-state index in [0.29, 0.717) is 0 Å². The number of hydrogen-bond acceptors (Lipinski definition) is 3. The summed E-state index contributed by atoms with van der Waals surface area (Å²) in [5, 5.41) is 0. The molecule has 1 aromatic rings. The zero-order valence-electron chi connectivity index (χ0n) is 11.3. The van der Waals surface area contributed by atoms with Crippen LogP contribution < -0.4 is 4.74 Å². The zero-order valence-corrected chi connectivity index (χ0v) is 12.1. The molecule has 0 aliphatic carbocycles. The predicted octanol–water partition coefficient (Wildman–Crippen LogP) is 1.87. The maximum atomic E-state index is 13.6. The third-order valence-corrected chi connectivity index (χ3v) is 4.95. The van der Waals surface area contributed by atoms with Crippen LogP contribution in [0.1, 0.15) is 13.8 Å². The second-order valence-corrected chi connectivity index (χ2v) is 6.44. The molecule has 0 N–H and O–H groups in total. The van der Waals surface area contributed by atoms with Crippen LogP contribution in [0, 0.1) is 18.2 Å². The summed E-state index contributed by atoms with van der Waals surface area (Å²) < 4.78 is 44.0. The summed E-state index contributed by atoms with van der Waals surface area (Å²) in [6, 6.07) is 3.45. The Morgan fingerprint density at radius 2 is 2.00 bits per heavy atom. The largest absolute Gasteiger partial charge is 0.494 e. The molecule has 0 saturated carbocycles. The first-order valence-electron chi connectivity index (χ1n) is 5.47. The number of sulfonamides is 1. The molecular formula is C13H16FNO3S. The van der Waals surface area contributed by atoms with Gasteiger partial charge in [0.05, 0.1) is 17.5 Å². The number of ether oxygens (including phenoxy) is 1. The lowest BCUT2D eigenvalue weighted by Gasteiger charge is -2.29. The monoisotopic (exact) mass is 285 g/mol. The Hall–Kier alpha value is -1.58. The standard InChI is InChI=1S/C13H16FNO3S/c1-6-13(2,3)15(4)19(16,17)10-7-8-12(18-5)11(14)9-10/h1,7-9H,2-5H3. The minimum atomic E-state index is -3.86. The van der Waals surface area contributed by atoms with E-state index in [1.54, 1.807) is 13.8 Å². The highest BCUT2D eigenvalue weighted by atomic mass is 32.2. The number of methoxy groups -OCH3 is 1. The molecule has 0 radical (unpaired) electrons. The normalized spacial score (nSPS) is 12.3. The molecule has 1 aromatic carbocycles. The van der Waals surface area contributed by atoms with Crippen molar-refractivity contribution in [2.24, 2.45) is 0 Å². The first-order chi connectivity index (χ1) is 8.66. The Labute approximate surface area is 113 Å². The van der Waals surface area contributed by atoms with Gasteiger partial charge in [0.1, 0.15) is 0 Å². The summed E-state index contributed by atoms with van der Waals surface area (Å²) in [4.78, 5) is -0.170. The van der Waals surface area contributed by atoms with Crippen molar-refractivity contribution in [2.75, 3.05) is 14.2 Å². The fraction of sp³-hybridized carbons (Fsp3) is 0.385. The molecule has 0 fully saturated rings. The van der Waals surface area contributed by atoms with Crippen molar-refractivity contribution in [1.82, 2.24) is 4.31 Å². The van der Waals surface area contributed by atoms with E-state index in [1.165, 1.54) is 26.3 Å². The predicted molar refractivity (Wildman–Crippen MR) is 70.8 cm³/mol. The molecule has 1 rings (SSSR count). The summed E-state index contributed by atoms with van der Waals surface area (Å²) >= 11 is 0. The Morgan fingerprint density at radius 3 is 2.42 bits per heavy atom. The summed E-state index contributed by atoms with van der Waals surface area (Å²) in [6.07, 6.45) is 5.31. The quantitative estimate of drug-likeness (QED) is 0.793. The molecule has 19 heavy (non-hydrogen) atoms. The van der Waals surface area contributed by atoms with Crippen molar-refractivity contribution < 1.29 is 17.5 Å². The van der Waals surface area contributed by atoms with E-state index >= 15 is 0 Å². The van der Waals surface area contributed by atoms with Crippen molar-refractivity contribution in [3.8, 4) is 18.1 Å². The van der Waals surface area contributed by atoms with Gasteiger partial charge in [-0.25, -0.2) is 12.8 Å². The second-order valence-electron chi connectivity index (χ2n) is 4.47. The second kappa shape index (κ2) is 5.19. The van der Waals surface area contributed by atoms with E-state index in [2.05, 4.69) is 5.92 Å². The fourth-order valence-electron chi connectivity index (χ4n) is 1.36. The third-order valence-electron chi connectivity index (χ3n) is 2.92. The summed E-state index contributed by atoms with van der Waals surface area (Å²) in [6.45, 7) is 3.18. The summed E-state index contributed by atoms with van der Waals surface area (Å²) in [5.41, 5.74) is -1.00. The molecule has 0 spiro atoms. The van der Waals surface area contributed by atoms with Gasteiger partial charge in [-0.05, 0) is 32.0 Å². The van der Waals surface area contributed by atoms with Crippen LogP contribution in [0.5, 0.6) is 5.75 Å². The third kappa shape index (κ3) is 2.88. The molecule has 0 amide bonds. The van der Waals surface area contributed by atoms with Crippen molar-refractivity contribution >= 4 is 10.0 Å². The highest BCUT2D eigenvalue weighted by molar-refractivity contribution is 7.89. The van der Waals surface area contributed by atoms with Gasteiger partial charge in [0.2, 0.25) is 10.0 Å². The van der Waals surface area contributed by atoms with Crippen LogP contribution in [-0.2, 0) is 10.0 Å². The molecule has 104 valence electrons. The van der Waals surface area contributed by atoms with Crippen molar-refractivity contribution in [1.29, 1.82) is 0 Å². The van der Waals surface area contributed by atoms with Gasteiger partial charge in [-0.3, -0.25) is 0 Å². The lowest BCUT2D eigenvalue weighted by Crippen LogP contribution is -2.43. The van der Waals surface area contributed by atoms with Crippen LogP contribution in [0.4, 0.5) is 4.39 Å². The maximum absolute atomic E-state index is 13.6. The number of nitrogens with zero attached hydrogens (tertiary/aromatic N) is 1. The van der Waals surface area contributed by atoms with E-state index in [1.807, 2.05) is 0 Å². The highest BCUT2D eigenvalue weighted by Gasteiger charge is 2.33. The Morgan fingerprint density at radius 1 is 1.42 bits per heavy atom. The molecule has 0 bridgehead atoms. The van der Waals surface area contributed by atoms with Gasteiger partial charge >= 0.3 is 0 Å². The molecule has 4 nitrogen and oxygen atoms in total. The van der Waals surface area contributed by atoms with Gasteiger partial charge in [-0.2, -0.15) is 4.31 Å². The average Bonchev–Trinajstić information content (AvgIpc) is 2.37. The van der Waals surface area contributed by atoms with E-state index in [9.17, 15) is 12.8 Å². The summed E-state index contributed by atoms with van der Waals surface area (Å²) in [7, 11) is -1.20. The molecular weight excluding hydrogens is 269 g/mol. The number of hydrogen-bond donors (Lipinski definition) is 0. The van der Waals surface area contributed by atoms with Crippen LogP contribution >= 0.6 is 0 Å². The van der Waals surface area contributed by atoms with Crippen LogP contribution in [0.15, 0.2) is 23.1 Å². The molecule has 0 aliphatic heterocycles. The van der Waals surface area contributed by atoms with E-state index in [0.717, 1.165) is 10.4 Å². The highest BCUT2D eigenvalue weighted by Crippen LogP contribution is 2.26. The minimum absolute atomic E-state index is 0.0159. The minimum Gasteiger partial charge on any atom is -0.494 e. The topological polar surface area (TPSA) is 46.6 Å². The SMILES string of the molecule is C#CC(C)(C)N(C)S(=O)(=O)c1ccc(OC)c(F)c1. The number of benzene rings is 1. The molecule has 0 aliphatic rings. The Bertz CT molecular complexity index is 617. The first-order valence-corrected chi connectivity index (χ1v) is 6.91. The van der Waals surface area contributed by atoms with Crippen LogP contribution in [-0.4, -0.2) is 32.4 Å². The Balaban J connectivity index is 3.30. The number of terminal acetylenes is 1. The lowest BCUT2D eigenvalue weighted by atomic mass is 10.1. The van der Waals surface area contributed by atoms with Gasteiger partial charge < -0.3 is 4.74 Å². The van der Waals surface area contributed by atoms with Crippen LogP contribution in [0.25, 0.3) is 0 Å². The van der Waals surface area contributed by atoms with Gasteiger partial charge in [0, 0.05) is 7.05 Å². The molecule has 0 atom stereocenters. The van der Waals surface area contributed by atoms with Crippen LogP contribution in [0.3, 0.4) is 0 Å². The van der Waals surface area contributed by atoms with Gasteiger partial charge in [-0.15, -0.1) is 6.42 Å².